The topological polar surface area (TPSA) is 70.7 Å². The maximum Gasteiger partial charge on any atom is 0.253 e. The maximum absolute atomic E-state index is 12.6. The Balaban J connectivity index is 1.51. The van der Waals surface area contributed by atoms with Gasteiger partial charge >= 0.3 is 0 Å². The number of amides is 1. The number of amidine groups is 1. The minimum Gasteiger partial charge on any atom is -0.383 e. The van der Waals surface area contributed by atoms with Crippen molar-refractivity contribution in [3.8, 4) is 0 Å². The molecule has 1 saturated heterocycles. The van der Waals surface area contributed by atoms with Gasteiger partial charge in [0.25, 0.3) is 5.91 Å². The summed E-state index contributed by atoms with van der Waals surface area (Å²) in [6, 6.07) is 17.4. The Kier molecular flexibility index (Phi) is 3.49. The van der Waals surface area contributed by atoms with Crippen LogP contribution in [0.4, 0.5) is 5.69 Å². The molecule has 1 amide bonds. The van der Waals surface area contributed by atoms with Crippen LogP contribution in [0.15, 0.2) is 59.6 Å². The number of likely N-dealkylation sites (tertiary alicyclic amines) is 1. The Morgan fingerprint density at radius 3 is 2.46 bits per heavy atom. The van der Waals surface area contributed by atoms with Crippen LogP contribution < -0.4 is 11.1 Å². The molecule has 0 bridgehead atoms. The van der Waals surface area contributed by atoms with Crippen molar-refractivity contribution < 1.29 is 4.79 Å². The first-order valence-corrected chi connectivity index (χ1v) is 8.24. The monoisotopic (exact) mass is 320 g/mol. The number of hydrogen-bond acceptors (Lipinski definition) is 4. The first-order chi connectivity index (χ1) is 11.7. The minimum atomic E-state index is -0.397. The number of piperidine rings is 1. The fourth-order valence-electron chi connectivity index (χ4n) is 3.46. The molecule has 3 N–H and O–H groups in total. The van der Waals surface area contributed by atoms with Crippen molar-refractivity contribution >= 4 is 17.4 Å². The lowest BCUT2D eigenvalue weighted by Crippen LogP contribution is -2.52. The van der Waals surface area contributed by atoms with Crippen LogP contribution in [-0.2, 0) is 0 Å². The van der Waals surface area contributed by atoms with E-state index in [0.29, 0.717) is 18.9 Å². The number of rotatable bonds is 1. The van der Waals surface area contributed by atoms with Crippen LogP contribution in [0.5, 0.6) is 0 Å². The van der Waals surface area contributed by atoms with Gasteiger partial charge in [0.2, 0.25) is 0 Å². The predicted molar refractivity (Wildman–Crippen MR) is 95.1 cm³/mol. The summed E-state index contributed by atoms with van der Waals surface area (Å²) in [4.78, 5) is 19.2. The van der Waals surface area contributed by atoms with E-state index in [-0.39, 0.29) is 5.91 Å². The van der Waals surface area contributed by atoms with Crippen LogP contribution in [-0.4, -0.2) is 35.4 Å². The average Bonchev–Trinajstić information content (AvgIpc) is 2.62. The Labute approximate surface area is 141 Å². The molecule has 0 saturated carbocycles. The Morgan fingerprint density at radius 2 is 1.71 bits per heavy atom. The highest BCUT2D eigenvalue weighted by Gasteiger charge is 2.38. The van der Waals surface area contributed by atoms with Gasteiger partial charge < -0.3 is 16.0 Å². The molecular formula is C19H20N4O. The molecule has 122 valence electrons. The molecule has 2 heterocycles. The average molecular weight is 320 g/mol. The zero-order valence-electron chi connectivity index (χ0n) is 13.4. The van der Waals surface area contributed by atoms with E-state index in [1.807, 2.05) is 59.5 Å². The molecule has 0 radical (unpaired) electrons. The van der Waals surface area contributed by atoms with Crippen molar-refractivity contribution in [2.45, 2.75) is 18.5 Å². The van der Waals surface area contributed by atoms with E-state index in [9.17, 15) is 4.79 Å². The molecule has 4 rings (SSSR count). The van der Waals surface area contributed by atoms with Crippen molar-refractivity contribution in [2.24, 2.45) is 10.7 Å². The van der Waals surface area contributed by atoms with E-state index >= 15 is 0 Å². The molecule has 2 aromatic rings. The number of hydrogen-bond donors (Lipinski definition) is 2. The number of aliphatic imine (C=N–C) groups is 1. The van der Waals surface area contributed by atoms with E-state index in [1.165, 1.54) is 0 Å². The summed E-state index contributed by atoms with van der Waals surface area (Å²) in [5, 5.41) is 3.54. The molecule has 24 heavy (non-hydrogen) atoms. The van der Waals surface area contributed by atoms with E-state index < -0.39 is 5.66 Å². The van der Waals surface area contributed by atoms with Crippen LogP contribution in [0.25, 0.3) is 0 Å². The lowest BCUT2D eigenvalue weighted by Gasteiger charge is -2.42. The van der Waals surface area contributed by atoms with Gasteiger partial charge in [-0.25, -0.2) is 4.99 Å². The van der Waals surface area contributed by atoms with Gasteiger partial charge in [-0.1, -0.05) is 30.3 Å². The van der Waals surface area contributed by atoms with Gasteiger partial charge in [-0.2, -0.15) is 0 Å². The van der Waals surface area contributed by atoms with Crippen LogP contribution in [0, 0.1) is 0 Å². The van der Waals surface area contributed by atoms with Gasteiger partial charge in [-0.05, 0) is 24.3 Å². The van der Waals surface area contributed by atoms with E-state index in [4.69, 9.17) is 10.7 Å². The Hall–Kier alpha value is -2.82. The fourth-order valence-corrected chi connectivity index (χ4v) is 3.46. The number of nitrogens with one attached hydrogen (secondary N) is 1. The summed E-state index contributed by atoms with van der Waals surface area (Å²) in [6.45, 7) is 1.33. The quantitative estimate of drug-likeness (QED) is 0.848. The Bertz CT molecular complexity index is 792. The number of nitrogens with two attached hydrogens (primary N) is 1. The summed E-state index contributed by atoms with van der Waals surface area (Å²) in [5.41, 5.74) is 8.48. The summed E-state index contributed by atoms with van der Waals surface area (Å²) in [7, 11) is 0. The number of para-hydroxylation sites is 1. The smallest absolute Gasteiger partial charge is 0.253 e. The van der Waals surface area contributed by atoms with Gasteiger partial charge in [0, 0.05) is 42.7 Å². The molecule has 2 aromatic carbocycles. The van der Waals surface area contributed by atoms with Gasteiger partial charge in [-0.15, -0.1) is 0 Å². The molecule has 2 aliphatic rings. The molecule has 0 aliphatic carbocycles. The fraction of sp³-hybridized carbons (Fsp3) is 0.263. The number of fused-ring (bicyclic) bond motifs is 1. The second-order valence-corrected chi connectivity index (χ2v) is 6.36. The largest absolute Gasteiger partial charge is 0.383 e. The van der Waals surface area contributed by atoms with Crippen LogP contribution in [0.2, 0.25) is 0 Å². The standard InChI is InChI=1S/C19H20N4O/c20-17-15-8-4-5-9-16(15)21-19(22-17)10-12-23(13-11-19)18(24)14-6-2-1-3-7-14/h1-9,21H,10-13H2,(H2,20,22). The maximum atomic E-state index is 12.6. The molecule has 0 aromatic heterocycles. The third kappa shape index (κ3) is 2.52. The third-order valence-electron chi connectivity index (χ3n) is 4.80. The predicted octanol–water partition coefficient (Wildman–Crippen LogP) is 2.45. The second kappa shape index (κ2) is 5.67. The number of benzene rings is 2. The Morgan fingerprint density at radius 1 is 1.04 bits per heavy atom. The molecule has 2 aliphatic heterocycles. The highest BCUT2D eigenvalue weighted by Crippen LogP contribution is 2.34. The van der Waals surface area contributed by atoms with Crippen molar-refractivity contribution in [2.75, 3.05) is 18.4 Å². The summed E-state index contributed by atoms with van der Waals surface area (Å²) >= 11 is 0. The van der Waals surface area contributed by atoms with Gasteiger partial charge in [0.1, 0.15) is 11.5 Å². The number of carbonyl (C=O) groups excluding carboxylic acids is 1. The number of nitrogens with zero attached hydrogens (tertiary/aromatic N) is 2. The normalized spacial score (nSPS) is 18.5. The molecule has 0 unspecified atom stereocenters. The lowest BCUT2D eigenvalue weighted by atomic mass is 9.93. The first-order valence-electron chi connectivity index (χ1n) is 8.24. The van der Waals surface area contributed by atoms with Crippen molar-refractivity contribution in [1.82, 2.24) is 4.90 Å². The van der Waals surface area contributed by atoms with Crippen LogP contribution in [0.3, 0.4) is 0 Å². The third-order valence-corrected chi connectivity index (χ3v) is 4.80. The highest BCUT2D eigenvalue weighted by atomic mass is 16.2. The highest BCUT2D eigenvalue weighted by molar-refractivity contribution is 6.04. The SMILES string of the molecule is NC1=NC2(CCN(C(=O)c3ccccc3)CC2)Nc2ccccc21. The molecular weight excluding hydrogens is 300 g/mol. The molecule has 5 nitrogen and oxygen atoms in total. The van der Waals surface area contributed by atoms with E-state index in [1.54, 1.807) is 0 Å². The second-order valence-electron chi connectivity index (χ2n) is 6.36. The van der Waals surface area contributed by atoms with Gasteiger partial charge in [0.05, 0.1) is 0 Å². The lowest BCUT2D eigenvalue weighted by molar-refractivity contribution is 0.0685. The summed E-state index contributed by atoms with van der Waals surface area (Å²) in [6.07, 6.45) is 1.50. The molecule has 5 heteroatoms. The van der Waals surface area contributed by atoms with Crippen LogP contribution in [0.1, 0.15) is 28.8 Å². The van der Waals surface area contributed by atoms with Crippen molar-refractivity contribution in [3.05, 3.63) is 65.7 Å². The van der Waals surface area contributed by atoms with E-state index in [2.05, 4.69) is 5.32 Å². The minimum absolute atomic E-state index is 0.0820. The van der Waals surface area contributed by atoms with Gasteiger partial charge in [-0.3, -0.25) is 4.79 Å². The molecule has 0 atom stereocenters. The summed E-state index contributed by atoms with van der Waals surface area (Å²) in [5.74, 6) is 0.658. The zero-order chi connectivity index (χ0) is 16.6. The van der Waals surface area contributed by atoms with E-state index in [0.717, 1.165) is 29.7 Å². The summed E-state index contributed by atoms with van der Waals surface area (Å²) < 4.78 is 0. The van der Waals surface area contributed by atoms with Gasteiger partial charge in [0.15, 0.2) is 0 Å². The first kappa shape index (κ1) is 14.8. The molecule has 1 spiro atoms. The van der Waals surface area contributed by atoms with Crippen molar-refractivity contribution in [1.29, 1.82) is 0 Å². The van der Waals surface area contributed by atoms with Crippen molar-refractivity contribution in [3.63, 3.8) is 0 Å². The number of anilines is 1. The van der Waals surface area contributed by atoms with Crippen LogP contribution >= 0.6 is 0 Å². The zero-order valence-corrected chi connectivity index (χ0v) is 13.4. The molecule has 1 fully saturated rings. The number of carbonyl (C=O) groups is 1.